The van der Waals surface area contributed by atoms with Gasteiger partial charge in [-0.2, -0.15) is 4.98 Å². The van der Waals surface area contributed by atoms with Crippen molar-refractivity contribution >= 4 is 5.91 Å². The predicted molar refractivity (Wildman–Crippen MR) is 107 cm³/mol. The van der Waals surface area contributed by atoms with Gasteiger partial charge in [-0.15, -0.1) is 0 Å². The van der Waals surface area contributed by atoms with E-state index in [-0.39, 0.29) is 11.9 Å². The molecule has 1 aliphatic heterocycles. The van der Waals surface area contributed by atoms with Gasteiger partial charge in [-0.1, -0.05) is 35.0 Å². The van der Waals surface area contributed by atoms with E-state index in [4.69, 9.17) is 4.52 Å². The molecule has 8 heteroatoms. The molecule has 1 saturated heterocycles. The Morgan fingerprint density at radius 2 is 1.76 bits per heavy atom. The molecule has 0 bridgehead atoms. The van der Waals surface area contributed by atoms with E-state index in [1.807, 2.05) is 43.0 Å². The Balaban J connectivity index is 1.38. The molecule has 1 aromatic carbocycles. The number of carbonyl (C=O) groups is 1. The molecule has 29 heavy (non-hydrogen) atoms. The predicted octanol–water partition coefficient (Wildman–Crippen LogP) is 2.66. The van der Waals surface area contributed by atoms with Crippen LogP contribution in [0.25, 0.3) is 11.4 Å². The van der Waals surface area contributed by atoms with Crippen molar-refractivity contribution in [3.63, 3.8) is 0 Å². The normalized spacial score (nSPS) is 16.0. The molecule has 1 unspecified atom stereocenters. The quantitative estimate of drug-likeness (QED) is 0.674. The molecule has 0 saturated carbocycles. The van der Waals surface area contributed by atoms with E-state index in [9.17, 15) is 4.79 Å². The van der Waals surface area contributed by atoms with Gasteiger partial charge in [-0.05, 0) is 20.8 Å². The molecule has 4 rings (SSSR count). The molecule has 150 valence electrons. The number of hydrogen-bond donors (Lipinski definition) is 0. The van der Waals surface area contributed by atoms with Gasteiger partial charge in [0.25, 0.3) is 5.91 Å². The number of amides is 1. The first-order valence-electron chi connectivity index (χ1n) is 9.74. The number of piperazine rings is 1. The standard InChI is InChI=1S/C21H24N6O2/c1-14-4-6-17(7-5-14)19-24-20(29-25-19)16(3)26-8-10-27(11-9-26)21(28)18-13-22-15(2)12-23-18/h4-7,12-13,16H,8-11H2,1-3H3. The van der Waals surface area contributed by atoms with E-state index >= 15 is 0 Å². The zero-order valence-electron chi connectivity index (χ0n) is 16.9. The summed E-state index contributed by atoms with van der Waals surface area (Å²) >= 11 is 0. The number of nitrogens with zero attached hydrogens (tertiary/aromatic N) is 6. The van der Waals surface area contributed by atoms with E-state index < -0.39 is 0 Å². The van der Waals surface area contributed by atoms with Crippen LogP contribution in [0.1, 0.15) is 40.6 Å². The maximum atomic E-state index is 12.6. The molecule has 1 aliphatic rings. The number of benzene rings is 1. The summed E-state index contributed by atoms with van der Waals surface area (Å²) in [6.07, 6.45) is 3.16. The second kappa shape index (κ2) is 8.08. The molecule has 3 aromatic rings. The van der Waals surface area contributed by atoms with Crippen LogP contribution in [0.2, 0.25) is 0 Å². The highest BCUT2D eigenvalue weighted by Gasteiger charge is 2.28. The topological polar surface area (TPSA) is 88.3 Å². The van der Waals surface area contributed by atoms with Gasteiger partial charge in [-0.3, -0.25) is 14.7 Å². The molecular weight excluding hydrogens is 368 g/mol. The molecule has 0 aliphatic carbocycles. The highest BCUT2D eigenvalue weighted by atomic mass is 16.5. The molecule has 8 nitrogen and oxygen atoms in total. The Hall–Kier alpha value is -3.13. The number of aromatic nitrogens is 4. The lowest BCUT2D eigenvalue weighted by molar-refractivity contribution is 0.0546. The number of carbonyl (C=O) groups excluding carboxylic acids is 1. The minimum atomic E-state index is -0.0794. The Morgan fingerprint density at radius 3 is 2.41 bits per heavy atom. The Bertz CT molecular complexity index is 975. The van der Waals surface area contributed by atoms with Crippen molar-refractivity contribution in [2.45, 2.75) is 26.8 Å². The summed E-state index contributed by atoms with van der Waals surface area (Å²) in [5.41, 5.74) is 3.31. The molecule has 0 N–H and O–H groups in total. The summed E-state index contributed by atoms with van der Waals surface area (Å²) < 4.78 is 5.52. The minimum absolute atomic E-state index is 0.0156. The molecule has 1 atom stereocenters. The van der Waals surface area contributed by atoms with E-state index in [0.29, 0.717) is 30.5 Å². The van der Waals surface area contributed by atoms with E-state index in [1.165, 1.54) is 11.8 Å². The molecule has 1 fully saturated rings. The molecule has 2 aromatic heterocycles. The fraction of sp³-hybridized carbons (Fsp3) is 0.381. The van der Waals surface area contributed by atoms with Gasteiger partial charge in [0.1, 0.15) is 5.69 Å². The zero-order valence-corrected chi connectivity index (χ0v) is 16.9. The van der Waals surface area contributed by atoms with Crippen LogP contribution in [-0.4, -0.2) is 62.0 Å². The maximum Gasteiger partial charge on any atom is 0.274 e. The first-order chi connectivity index (χ1) is 14.0. The van der Waals surface area contributed by atoms with Crippen LogP contribution >= 0.6 is 0 Å². The van der Waals surface area contributed by atoms with Crippen LogP contribution in [0.3, 0.4) is 0 Å². The Morgan fingerprint density at radius 1 is 1.03 bits per heavy atom. The number of aryl methyl sites for hydroxylation is 2. The number of rotatable bonds is 4. The monoisotopic (exact) mass is 392 g/mol. The smallest absolute Gasteiger partial charge is 0.274 e. The van der Waals surface area contributed by atoms with Crippen molar-refractivity contribution in [2.75, 3.05) is 26.2 Å². The van der Waals surface area contributed by atoms with Crippen LogP contribution < -0.4 is 0 Å². The second-order valence-corrected chi connectivity index (χ2v) is 7.37. The summed E-state index contributed by atoms with van der Waals surface area (Å²) in [7, 11) is 0. The van der Waals surface area contributed by atoms with Crippen molar-refractivity contribution in [3.05, 3.63) is 59.5 Å². The fourth-order valence-electron chi connectivity index (χ4n) is 3.36. The van der Waals surface area contributed by atoms with Gasteiger partial charge in [0.2, 0.25) is 11.7 Å². The molecule has 0 spiro atoms. The number of hydrogen-bond acceptors (Lipinski definition) is 7. The van der Waals surface area contributed by atoms with Crippen LogP contribution in [0.5, 0.6) is 0 Å². The van der Waals surface area contributed by atoms with E-state index in [0.717, 1.165) is 24.3 Å². The van der Waals surface area contributed by atoms with Gasteiger partial charge < -0.3 is 9.42 Å². The Kier molecular flexibility index (Phi) is 5.35. The Labute approximate surface area is 169 Å². The molecule has 3 heterocycles. The summed E-state index contributed by atoms with van der Waals surface area (Å²) in [4.78, 5) is 29.6. The lowest BCUT2D eigenvalue weighted by Crippen LogP contribution is -2.49. The molecule has 1 amide bonds. The summed E-state index contributed by atoms with van der Waals surface area (Å²) in [6.45, 7) is 8.65. The van der Waals surface area contributed by atoms with E-state index in [2.05, 4.69) is 31.9 Å². The summed E-state index contributed by atoms with van der Waals surface area (Å²) in [5.74, 6) is 1.10. The fourth-order valence-corrected chi connectivity index (χ4v) is 3.36. The third-order valence-electron chi connectivity index (χ3n) is 5.26. The zero-order chi connectivity index (χ0) is 20.4. The van der Waals surface area contributed by atoms with Crippen molar-refractivity contribution in [1.82, 2.24) is 29.9 Å². The largest absolute Gasteiger partial charge is 0.337 e. The first-order valence-corrected chi connectivity index (χ1v) is 9.74. The average Bonchev–Trinajstić information content (AvgIpc) is 3.24. The van der Waals surface area contributed by atoms with Crippen molar-refractivity contribution in [2.24, 2.45) is 0 Å². The summed E-state index contributed by atoms with van der Waals surface area (Å²) in [5, 5.41) is 4.13. The van der Waals surface area contributed by atoms with Gasteiger partial charge >= 0.3 is 0 Å². The highest BCUT2D eigenvalue weighted by molar-refractivity contribution is 5.92. The van der Waals surface area contributed by atoms with Crippen molar-refractivity contribution in [1.29, 1.82) is 0 Å². The molecular formula is C21H24N6O2. The SMILES string of the molecule is Cc1ccc(-c2noc(C(C)N3CCN(C(=O)c4cnc(C)cn4)CC3)n2)cc1. The third-order valence-corrected chi connectivity index (χ3v) is 5.26. The minimum Gasteiger partial charge on any atom is -0.337 e. The lowest BCUT2D eigenvalue weighted by Gasteiger charge is -2.36. The van der Waals surface area contributed by atoms with Gasteiger partial charge in [0, 0.05) is 37.9 Å². The maximum absolute atomic E-state index is 12.6. The van der Waals surface area contributed by atoms with Crippen LogP contribution in [0.15, 0.2) is 41.2 Å². The summed E-state index contributed by atoms with van der Waals surface area (Å²) in [6, 6.07) is 8.03. The lowest BCUT2D eigenvalue weighted by atomic mass is 10.1. The van der Waals surface area contributed by atoms with Crippen LogP contribution in [-0.2, 0) is 0 Å². The highest BCUT2D eigenvalue weighted by Crippen LogP contribution is 2.24. The molecule has 0 radical (unpaired) electrons. The van der Waals surface area contributed by atoms with Crippen LogP contribution in [0, 0.1) is 13.8 Å². The van der Waals surface area contributed by atoms with Crippen molar-refractivity contribution in [3.8, 4) is 11.4 Å². The third kappa shape index (κ3) is 4.17. The van der Waals surface area contributed by atoms with Crippen LogP contribution in [0.4, 0.5) is 0 Å². The van der Waals surface area contributed by atoms with Crippen molar-refractivity contribution < 1.29 is 9.32 Å². The van der Waals surface area contributed by atoms with Gasteiger partial charge in [0.15, 0.2) is 0 Å². The average molecular weight is 392 g/mol. The van der Waals surface area contributed by atoms with Gasteiger partial charge in [-0.25, -0.2) is 4.98 Å². The van der Waals surface area contributed by atoms with E-state index in [1.54, 1.807) is 6.20 Å². The van der Waals surface area contributed by atoms with Gasteiger partial charge in [0.05, 0.1) is 17.9 Å². The first kappa shape index (κ1) is 19.2. The second-order valence-electron chi connectivity index (χ2n) is 7.37.